The Balaban J connectivity index is 1.85. The van der Waals surface area contributed by atoms with Crippen molar-refractivity contribution in [3.63, 3.8) is 0 Å². The van der Waals surface area contributed by atoms with Gasteiger partial charge >= 0.3 is 0 Å². The molecule has 0 saturated carbocycles. The van der Waals surface area contributed by atoms with Crippen LogP contribution in [0.1, 0.15) is 22.0 Å². The van der Waals surface area contributed by atoms with Gasteiger partial charge in [0, 0.05) is 5.56 Å². The molecule has 1 aliphatic heterocycles. The molecular weight excluding hydrogens is 296 g/mol. The zero-order chi connectivity index (χ0) is 16.4. The molecule has 1 aliphatic rings. The zero-order valence-corrected chi connectivity index (χ0v) is 13.2. The van der Waals surface area contributed by atoms with E-state index in [1.807, 2.05) is 30.3 Å². The van der Waals surface area contributed by atoms with Gasteiger partial charge < -0.3 is 18.9 Å². The Morgan fingerprint density at radius 2 is 1.57 bits per heavy atom. The predicted octanol–water partition coefficient (Wildman–Crippen LogP) is 3.04. The number of ketones is 1. The third-order valence-corrected chi connectivity index (χ3v) is 3.82. The molecule has 23 heavy (non-hydrogen) atoms. The topological polar surface area (TPSA) is 57.3 Å². The third kappa shape index (κ3) is 2.87. The van der Waals surface area contributed by atoms with E-state index in [2.05, 4.69) is 0 Å². The molecule has 2 aromatic carbocycles. The molecule has 1 fully saturated rings. The highest BCUT2D eigenvalue weighted by molar-refractivity contribution is 6.01. The van der Waals surface area contributed by atoms with Crippen molar-refractivity contribution in [3.05, 3.63) is 53.6 Å². The molecular formula is C18H18O5. The van der Waals surface area contributed by atoms with E-state index < -0.39 is 6.10 Å². The van der Waals surface area contributed by atoms with Crippen LogP contribution in [0.2, 0.25) is 0 Å². The molecule has 5 heteroatoms. The molecule has 0 bridgehead atoms. The van der Waals surface area contributed by atoms with E-state index in [0.29, 0.717) is 22.8 Å². The van der Waals surface area contributed by atoms with E-state index in [4.69, 9.17) is 18.9 Å². The van der Waals surface area contributed by atoms with Crippen LogP contribution in [0, 0.1) is 0 Å². The maximum Gasteiger partial charge on any atom is 0.203 e. The Labute approximate surface area is 134 Å². The first-order valence-electron chi connectivity index (χ1n) is 7.24. The second kappa shape index (κ2) is 6.30. The summed E-state index contributed by atoms with van der Waals surface area (Å²) in [7, 11) is 4.66. The van der Waals surface area contributed by atoms with Crippen LogP contribution in [0.3, 0.4) is 0 Å². The second-order valence-corrected chi connectivity index (χ2v) is 5.17. The summed E-state index contributed by atoms with van der Waals surface area (Å²) in [5, 5.41) is 0. The first-order valence-corrected chi connectivity index (χ1v) is 7.24. The average Bonchev–Trinajstić information content (AvgIpc) is 3.41. The number of methoxy groups -OCH3 is 3. The molecule has 0 N–H and O–H groups in total. The Morgan fingerprint density at radius 1 is 0.957 bits per heavy atom. The van der Waals surface area contributed by atoms with Gasteiger partial charge in [-0.15, -0.1) is 0 Å². The van der Waals surface area contributed by atoms with E-state index in [0.717, 1.165) is 5.56 Å². The van der Waals surface area contributed by atoms with E-state index in [1.165, 1.54) is 0 Å². The van der Waals surface area contributed by atoms with E-state index in [-0.39, 0.29) is 11.9 Å². The molecule has 120 valence electrons. The van der Waals surface area contributed by atoms with Gasteiger partial charge in [-0.25, -0.2) is 0 Å². The number of hydrogen-bond donors (Lipinski definition) is 0. The van der Waals surface area contributed by atoms with Gasteiger partial charge in [0.25, 0.3) is 0 Å². The first-order chi connectivity index (χ1) is 11.2. The number of Topliss-reactive ketones (excluding diaryl/α,β-unsaturated/α-hetero) is 1. The lowest BCUT2D eigenvalue weighted by Crippen LogP contribution is -2.08. The number of carbonyl (C=O) groups excluding carboxylic acids is 1. The van der Waals surface area contributed by atoms with Crippen LogP contribution < -0.4 is 14.2 Å². The fourth-order valence-electron chi connectivity index (χ4n) is 2.60. The Bertz CT molecular complexity index is 686. The normalized spacial score (nSPS) is 19.1. The van der Waals surface area contributed by atoms with Gasteiger partial charge in [0.15, 0.2) is 23.4 Å². The third-order valence-electron chi connectivity index (χ3n) is 3.82. The number of benzene rings is 2. The highest BCUT2D eigenvalue weighted by Gasteiger charge is 2.46. The minimum atomic E-state index is -0.472. The predicted molar refractivity (Wildman–Crippen MR) is 84.5 cm³/mol. The lowest BCUT2D eigenvalue weighted by Gasteiger charge is -2.13. The van der Waals surface area contributed by atoms with E-state index in [9.17, 15) is 4.79 Å². The summed E-state index contributed by atoms with van der Waals surface area (Å²) in [4.78, 5) is 12.4. The Hall–Kier alpha value is -2.53. The largest absolute Gasteiger partial charge is 0.493 e. The summed E-state index contributed by atoms with van der Waals surface area (Å²) in [6.45, 7) is 0. The smallest absolute Gasteiger partial charge is 0.203 e. The molecule has 0 amide bonds. The van der Waals surface area contributed by atoms with Gasteiger partial charge in [-0.2, -0.15) is 0 Å². The van der Waals surface area contributed by atoms with E-state index in [1.54, 1.807) is 33.5 Å². The summed E-state index contributed by atoms with van der Waals surface area (Å²) in [6.07, 6.45) is -0.767. The SMILES string of the molecule is COc1cc(C2OC2C(=O)c2ccccc2)cc(OC)c1OC. The number of hydrogen-bond acceptors (Lipinski definition) is 5. The van der Waals surface area contributed by atoms with Crippen molar-refractivity contribution in [1.82, 2.24) is 0 Å². The van der Waals surface area contributed by atoms with Gasteiger partial charge in [0.2, 0.25) is 5.75 Å². The Kier molecular flexibility index (Phi) is 4.21. The standard InChI is InChI=1S/C18H18O5/c1-20-13-9-12(10-14(21-2)17(13)22-3)16-18(23-16)15(19)11-7-5-4-6-8-11/h4-10,16,18H,1-3H3. The number of rotatable bonds is 6. The van der Waals surface area contributed by atoms with Gasteiger partial charge in [-0.3, -0.25) is 4.79 Å². The monoisotopic (exact) mass is 314 g/mol. The van der Waals surface area contributed by atoms with Gasteiger partial charge in [0.05, 0.1) is 21.3 Å². The van der Waals surface area contributed by atoms with Crippen molar-refractivity contribution in [2.45, 2.75) is 12.2 Å². The van der Waals surface area contributed by atoms with Crippen LogP contribution in [-0.4, -0.2) is 33.2 Å². The molecule has 0 aliphatic carbocycles. The molecule has 1 heterocycles. The average molecular weight is 314 g/mol. The summed E-state index contributed by atoms with van der Waals surface area (Å²) >= 11 is 0. The molecule has 2 unspecified atom stereocenters. The van der Waals surface area contributed by atoms with Gasteiger partial charge in [0.1, 0.15) is 6.10 Å². The Morgan fingerprint density at radius 3 is 2.09 bits per heavy atom. The molecule has 2 aromatic rings. The minimum Gasteiger partial charge on any atom is -0.493 e. The van der Waals surface area contributed by atoms with Crippen molar-refractivity contribution in [1.29, 1.82) is 0 Å². The number of ether oxygens (including phenoxy) is 4. The highest BCUT2D eigenvalue weighted by Crippen LogP contribution is 2.46. The van der Waals surface area contributed by atoms with Crippen molar-refractivity contribution in [2.75, 3.05) is 21.3 Å². The van der Waals surface area contributed by atoms with Gasteiger partial charge in [-0.1, -0.05) is 30.3 Å². The van der Waals surface area contributed by atoms with Crippen molar-refractivity contribution in [2.24, 2.45) is 0 Å². The summed E-state index contributed by atoms with van der Waals surface area (Å²) in [5.74, 6) is 1.58. The van der Waals surface area contributed by atoms with Crippen LogP contribution in [0.15, 0.2) is 42.5 Å². The van der Waals surface area contributed by atoms with Crippen LogP contribution >= 0.6 is 0 Å². The van der Waals surface area contributed by atoms with Crippen LogP contribution in [0.25, 0.3) is 0 Å². The number of carbonyl (C=O) groups is 1. The summed E-state index contributed by atoms with van der Waals surface area (Å²) < 4.78 is 21.6. The quantitative estimate of drug-likeness (QED) is 0.606. The minimum absolute atomic E-state index is 0.0237. The van der Waals surface area contributed by atoms with Gasteiger partial charge in [-0.05, 0) is 17.7 Å². The molecule has 3 rings (SSSR count). The van der Waals surface area contributed by atoms with Crippen molar-refractivity contribution < 1.29 is 23.7 Å². The molecule has 0 radical (unpaired) electrons. The van der Waals surface area contributed by atoms with Crippen molar-refractivity contribution >= 4 is 5.78 Å². The maximum atomic E-state index is 12.4. The summed E-state index contributed by atoms with van der Waals surface area (Å²) in [5.41, 5.74) is 1.47. The van der Waals surface area contributed by atoms with Crippen LogP contribution in [0.5, 0.6) is 17.2 Å². The van der Waals surface area contributed by atoms with E-state index >= 15 is 0 Å². The lowest BCUT2D eigenvalue weighted by molar-refractivity contribution is 0.0953. The zero-order valence-electron chi connectivity index (χ0n) is 13.2. The van der Waals surface area contributed by atoms with Crippen LogP contribution in [0.4, 0.5) is 0 Å². The van der Waals surface area contributed by atoms with Crippen molar-refractivity contribution in [3.8, 4) is 17.2 Å². The summed E-state index contributed by atoms with van der Waals surface area (Å²) in [6, 6.07) is 12.7. The maximum absolute atomic E-state index is 12.4. The molecule has 5 nitrogen and oxygen atoms in total. The molecule has 0 spiro atoms. The molecule has 0 aromatic heterocycles. The number of epoxide rings is 1. The molecule has 1 saturated heterocycles. The fraction of sp³-hybridized carbons (Fsp3) is 0.278. The fourth-order valence-corrected chi connectivity index (χ4v) is 2.60. The molecule has 2 atom stereocenters. The second-order valence-electron chi connectivity index (χ2n) is 5.17. The first kappa shape index (κ1) is 15.4. The lowest BCUT2D eigenvalue weighted by atomic mass is 10.0. The van der Waals surface area contributed by atoms with Crippen LogP contribution in [-0.2, 0) is 4.74 Å². The highest BCUT2D eigenvalue weighted by atomic mass is 16.6.